The Labute approximate surface area is 190 Å². The highest BCUT2D eigenvalue weighted by Gasteiger charge is 2.23. The quantitative estimate of drug-likeness (QED) is 0.187. The Kier molecular flexibility index (Phi) is 9.98. The first-order valence-corrected chi connectivity index (χ1v) is 11.0. The number of halogens is 1. The van der Waals surface area contributed by atoms with Gasteiger partial charge in [0.05, 0.1) is 25.5 Å². The van der Waals surface area contributed by atoms with Gasteiger partial charge in [-0.2, -0.15) is 0 Å². The average molecular weight is 448 g/mol. The molecule has 0 aromatic heterocycles. The van der Waals surface area contributed by atoms with E-state index in [4.69, 9.17) is 37.8 Å². The molecule has 2 rings (SSSR count). The summed E-state index contributed by atoms with van der Waals surface area (Å²) in [5, 5.41) is 10.4. The largest absolute Gasteiger partial charge is 0.494 e. The summed E-state index contributed by atoms with van der Waals surface area (Å²) in [4.78, 5) is 0. The summed E-state index contributed by atoms with van der Waals surface area (Å²) >= 11 is 5.69. The van der Waals surface area contributed by atoms with Gasteiger partial charge < -0.3 is 25.3 Å². The van der Waals surface area contributed by atoms with Crippen LogP contribution in [-0.4, -0.2) is 42.4 Å². The predicted molar refractivity (Wildman–Crippen MR) is 126 cm³/mol. The van der Waals surface area contributed by atoms with Crippen LogP contribution < -0.4 is 21.1 Å². The van der Waals surface area contributed by atoms with Gasteiger partial charge in [0.2, 0.25) is 0 Å². The fourth-order valence-corrected chi connectivity index (χ4v) is 3.21. The standard InChI is InChI=1S/C24H34ClN3O3/c1-24(2,19-5-9-22(10-6-19)30-15-3-13-25)20-7-11-23(12-8-20)31-16-4-14-28(27)17-21(26)18-29/h5-12,17,29H,3-4,13-16,18,26-27H2,1-2H3/b21-17-. The lowest BCUT2D eigenvalue weighted by Crippen LogP contribution is -2.29. The Morgan fingerprint density at radius 2 is 1.45 bits per heavy atom. The zero-order valence-corrected chi connectivity index (χ0v) is 19.1. The van der Waals surface area contributed by atoms with Gasteiger partial charge in [0.1, 0.15) is 11.5 Å². The first-order chi connectivity index (χ1) is 14.9. The van der Waals surface area contributed by atoms with Crippen molar-refractivity contribution in [1.29, 1.82) is 0 Å². The third kappa shape index (κ3) is 7.98. The molecular weight excluding hydrogens is 414 g/mol. The van der Waals surface area contributed by atoms with E-state index in [-0.39, 0.29) is 12.0 Å². The minimum Gasteiger partial charge on any atom is -0.494 e. The Hall–Kier alpha value is -2.41. The molecule has 0 unspecified atom stereocenters. The van der Waals surface area contributed by atoms with Crippen molar-refractivity contribution in [3.05, 3.63) is 71.6 Å². The molecule has 6 nitrogen and oxygen atoms in total. The Morgan fingerprint density at radius 1 is 0.968 bits per heavy atom. The molecule has 0 aliphatic rings. The zero-order valence-electron chi connectivity index (χ0n) is 18.4. The van der Waals surface area contributed by atoms with Gasteiger partial charge in [0.25, 0.3) is 0 Å². The fourth-order valence-electron chi connectivity index (χ4n) is 3.10. The van der Waals surface area contributed by atoms with Gasteiger partial charge in [-0.1, -0.05) is 38.1 Å². The van der Waals surface area contributed by atoms with Crippen LogP contribution >= 0.6 is 11.6 Å². The van der Waals surface area contributed by atoms with Crippen molar-refractivity contribution in [3.63, 3.8) is 0 Å². The van der Waals surface area contributed by atoms with Crippen LogP contribution in [0, 0.1) is 0 Å². The molecule has 0 aliphatic heterocycles. The minimum atomic E-state index is -0.209. The molecule has 0 fully saturated rings. The summed E-state index contributed by atoms with van der Waals surface area (Å²) < 4.78 is 11.5. The number of nitrogens with two attached hydrogens (primary N) is 2. The highest BCUT2D eigenvalue weighted by atomic mass is 35.5. The van der Waals surface area contributed by atoms with Crippen molar-refractivity contribution >= 4 is 11.6 Å². The maximum absolute atomic E-state index is 8.90. The molecule has 0 saturated carbocycles. The molecule has 7 heteroatoms. The van der Waals surface area contributed by atoms with Crippen LogP contribution in [0.15, 0.2) is 60.4 Å². The van der Waals surface area contributed by atoms with Crippen LogP contribution in [-0.2, 0) is 5.41 Å². The molecule has 170 valence electrons. The predicted octanol–water partition coefficient (Wildman–Crippen LogP) is 3.76. The van der Waals surface area contributed by atoms with Crippen LogP contribution in [0.4, 0.5) is 0 Å². The van der Waals surface area contributed by atoms with E-state index in [1.54, 1.807) is 0 Å². The van der Waals surface area contributed by atoms with Crippen molar-refractivity contribution in [2.45, 2.75) is 32.1 Å². The van der Waals surface area contributed by atoms with Crippen molar-refractivity contribution < 1.29 is 14.6 Å². The van der Waals surface area contributed by atoms with Gasteiger partial charge in [-0.15, -0.1) is 11.6 Å². The maximum Gasteiger partial charge on any atom is 0.119 e. The topological polar surface area (TPSA) is 94.0 Å². The summed E-state index contributed by atoms with van der Waals surface area (Å²) in [5.41, 5.74) is 8.14. The van der Waals surface area contributed by atoms with Gasteiger partial charge in [0.15, 0.2) is 0 Å². The molecule has 2 aromatic carbocycles. The van der Waals surface area contributed by atoms with E-state index in [2.05, 4.69) is 38.1 Å². The molecule has 0 amide bonds. The number of benzene rings is 2. The van der Waals surface area contributed by atoms with Crippen LogP contribution in [0.25, 0.3) is 0 Å². The van der Waals surface area contributed by atoms with E-state index in [1.807, 2.05) is 24.3 Å². The van der Waals surface area contributed by atoms with E-state index in [0.29, 0.717) is 31.3 Å². The third-order valence-corrected chi connectivity index (χ3v) is 5.31. The van der Waals surface area contributed by atoms with E-state index in [9.17, 15) is 0 Å². The smallest absolute Gasteiger partial charge is 0.119 e. The maximum atomic E-state index is 8.90. The second-order valence-electron chi connectivity index (χ2n) is 7.87. The molecule has 5 N–H and O–H groups in total. The molecule has 0 spiro atoms. The molecule has 0 heterocycles. The number of rotatable bonds is 13. The monoisotopic (exact) mass is 447 g/mol. The lowest BCUT2D eigenvalue weighted by molar-refractivity contribution is 0.275. The van der Waals surface area contributed by atoms with Crippen molar-refractivity contribution in [1.82, 2.24) is 5.01 Å². The zero-order chi connectivity index (χ0) is 22.7. The number of aliphatic hydroxyl groups is 1. The molecule has 0 atom stereocenters. The molecule has 0 bridgehead atoms. The molecular formula is C24H34ClN3O3. The first-order valence-electron chi connectivity index (χ1n) is 10.5. The molecule has 31 heavy (non-hydrogen) atoms. The second kappa shape index (κ2) is 12.4. The van der Waals surface area contributed by atoms with E-state index < -0.39 is 0 Å². The lowest BCUT2D eigenvalue weighted by Gasteiger charge is -2.26. The normalized spacial score (nSPS) is 12.0. The van der Waals surface area contributed by atoms with Crippen LogP contribution in [0.5, 0.6) is 11.5 Å². The van der Waals surface area contributed by atoms with Crippen molar-refractivity contribution in [2.75, 3.05) is 32.2 Å². The molecule has 0 aliphatic carbocycles. The summed E-state index contributed by atoms with van der Waals surface area (Å²) in [6, 6.07) is 16.4. The number of nitrogens with zero attached hydrogens (tertiary/aromatic N) is 1. The van der Waals surface area contributed by atoms with E-state index >= 15 is 0 Å². The third-order valence-electron chi connectivity index (χ3n) is 5.04. The van der Waals surface area contributed by atoms with Crippen molar-refractivity contribution in [2.24, 2.45) is 11.6 Å². The van der Waals surface area contributed by atoms with Gasteiger partial charge >= 0.3 is 0 Å². The van der Waals surface area contributed by atoms with Gasteiger partial charge in [0, 0.05) is 30.5 Å². The van der Waals surface area contributed by atoms with Crippen LogP contribution in [0.3, 0.4) is 0 Å². The molecule has 0 saturated heterocycles. The van der Waals surface area contributed by atoms with E-state index in [0.717, 1.165) is 24.3 Å². The Bertz CT molecular complexity index is 808. The van der Waals surface area contributed by atoms with E-state index in [1.165, 1.54) is 22.3 Å². The molecule has 0 radical (unpaired) electrons. The highest BCUT2D eigenvalue weighted by Crippen LogP contribution is 2.33. The highest BCUT2D eigenvalue weighted by molar-refractivity contribution is 6.17. The number of hydrogen-bond acceptors (Lipinski definition) is 6. The Balaban J connectivity index is 1.88. The summed E-state index contributed by atoms with van der Waals surface area (Å²) in [7, 11) is 0. The average Bonchev–Trinajstić information content (AvgIpc) is 2.77. The van der Waals surface area contributed by atoms with Crippen molar-refractivity contribution in [3.8, 4) is 11.5 Å². The SMILES string of the molecule is CC(C)(c1ccc(OCCCCl)cc1)c1ccc(OCCCN(N)/C=C(\N)CO)cc1. The summed E-state index contributed by atoms with van der Waals surface area (Å²) in [6.45, 7) is 5.94. The lowest BCUT2D eigenvalue weighted by atomic mass is 9.78. The van der Waals surface area contributed by atoms with Crippen LogP contribution in [0.1, 0.15) is 37.8 Å². The Morgan fingerprint density at radius 3 is 1.90 bits per heavy atom. The fraction of sp³-hybridized carbons (Fsp3) is 0.417. The second-order valence-corrected chi connectivity index (χ2v) is 8.24. The number of alkyl halides is 1. The summed E-state index contributed by atoms with van der Waals surface area (Å²) in [5.74, 6) is 8.07. The number of hydrogen-bond donors (Lipinski definition) is 3. The first kappa shape index (κ1) is 24.9. The van der Waals surface area contributed by atoms with Gasteiger partial charge in [-0.3, -0.25) is 0 Å². The van der Waals surface area contributed by atoms with Gasteiger partial charge in [-0.05, 0) is 41.8 Å². The number of ether oxygens (including phenoxy) is 2. The minimum absolute atomic E-state index is 0.147. The molecule has 2 aromatic rings. The van der Waals surface area contributed by atoms with Gasteiger partial charge in [-0.25, -0.2) is 5.84 Å². The number of aliphatic hydroxyl groups excluding tert-OH is 1. The van der Waals surface area contributed by atoms with Crippen LogP contribution in [0.2, 0.25) is 0 Å². The number of hydrazine groups is 1. The summed E-state index contributed by atoms with van der Waals surface area (Å²) in [6.07, 6.45) is 3.09.